The van der Waals surface area contributed by atoms with Crippen molar-refractivity contribution in [3.8, 4) is 6.07 Å². The van der Waals surface area contributed by atoms with Crippen molar-refractivity contribution in [2.45, 2.75) is 38.3 Å². The van der Waals surface area contributed by atoms with Gasteiger partial charge in [0.15, 0.2) is 5.54 Å². The second-order valence-corrected chi connectivity index (χ2v) is 6.75. The molecular formula is C19H22N2O6. The second-order valence-electron chi connectivity index (χ2n) is 6.75. The first-order valence-electron chi connectivity index (χ1n) is 8.02. The highest BCUT2D eigenvalue weighted by Gasteiger charge is 2.39. The number of nitrogens with one attached hydrogen (secondary N) is 1. The van der Waals surface area contributed by atoms with Crippen LogP contribution in [0.1, 0.15) is 31.9 Å². The first kappa shape index (κ1) is 21.7. The van der Waals surface area contributed by atoms with Crippen LogP contribution in [-0.4, -0.2) is 41.4 Å². The van der Waals surface area contributed by atoms with Crippen molar-refractivity contribution in [1.29, 1.82) is 5.26 Å². The number of esters is 1. The lowest BCUT2D eigenvalue weighted by atomic mass is 9.89. The maximum atomic E-state index is 12.0. The molecule has 0 heterocycles. The Bertz CT molecular complexity index is 788. The van der Waals surface area contributed by atoms with Gasteiger partial charge in [-0.2, -0.15) is 5.26 Å². The van der Waals surface area contributed by atoms with Gasteiger partial charge in [0.25, 0.3) is 0 Å². The molecule has 8 nitrogen and oxygen atoms in total. The monoisotopic (exact) mass is 374 g/mol. The van der Waals surface area contributed by atoms with E-state index in [0.29, 0.717) is 11.1 Å². The summed E-state index contributed by atoms with van der Waals surface area (Å²) in [4.78, 5) is 35.7. The van der Waals surface area contributed by atoms with Crippen LogP contribution in [0.15, 0.2) is 36.4 Å². The first-order valence-corrected chi connectivity index (χ1v) is 8.02. The van der Waals surface area contributed by atoms with E-state index in [-0.39, 0.29) is 6.42 Å². The molecule has 144 valence electrons. The molecule has 0 aliphatic heterocycles. The van der Waals surface area contributed by atoms with Crippen molar-refractivity contribution in [2.24, 2.45) is 0 Å². The number of carbonyl (C=O) groups is 3. The standard InChI is InChI=1S/C19H22N2O6/c1-18(2,3)27-15(22)8-9-19(16(23)24,21-17(25)26-4)11-13-6-5-7-14(10-13)12-20/h5-10H,11H2,1-4H3,(H,21,25)(H,23,24)/b9-8+/t19-/m0/s1. The van der Waals surface area contributed by atoms with E-state index < -0.39 is 29.2 Å². The molecule has 1 aromatic carbocycles. The lowest BCUT2D eigenvalue weighted by Crippen LogP contribution is -2.55. The third kappa shape index (κ3) is 6.82. The molecule has 8 heteroatoms. The molecule has 0 saturated carbocycles. The molecule has 0 saturated heterocycles. The van der Waals surface area contributed by atoms with E-state index >= 15 is 0 Å². The Kier molecular flexibility index (Phi) is 7.11. The van der Waals surface area contributed by atoms with Gasteiger partial charge in [0, 0.05) is 12.5 Å². The van der Waals surface area contributed by atoms with E-state index in [0.717, 1.165) is 19.3 Å². The summed E-state index contributed by atoms with van der Waals surface area (Å²) in [5.74, 6) is -2.17. The summed E-state index contributed by atoms with van der Waals surface area (Å²) in [6, 6.07) is 8.23. The van der Waals surface area contributed by atoms with E-state index in [1.54, 1.807) is 39.0 Å². The molecule has 1 atom stereocenters. The van der Waals surface area contributed by atoms with Crippen molar-refractivity contribution in [2.75, 3.05) is 7.11 Å². The van der Waals surface area contributed by atoms with Crippen LogP contribution in [0.2, 0.25) is 0 Å². The number of ether oxygens (including phenoxy) is 2. The molecule has 0 aromatic heterocycles. The Morgan fingerprint density at radius 2 is 1.96 bits per heavy atom. The van der Waals surface area contributed by atoms with Gasteiger partial charge in [-0.15, -0.1) is 0 Å². The normalized spacial score (nSPS) is 13.3. The van der Waals surface area contributed by atoms with Crippen LogP contribution in [0.3, 0.4) is 0 Å². The highest BCUT2D eigenvalue weighted by molar-refractivity contribution is 5.90. The minimum atomic E-state index is -1.97. The van der Waals surface area contributed by atoms with Gasteiger partial charge >= 0.3 is 18.0 Å². The fourth-order valence-electron chi connectivity index (χ4n) is 2.20. The van der Waals surface area contributed by atoms with Crippen LogP contribution in [0.5, 0.6) is 0 Å². The number of nitriles is 1. The zero-order valence-electron chi connectivity index (χ0n) is 15.6. The van der Waals surface area contributed by atoms with Crippen LogP contribution in [-0.2, 0) is 25.5 Å². The van der Waals surface area contributed by atoms with Crippen molar-refractivity contribution >= 4 is 18.0 Å². The Morgan fingerprint density at radius 3 is 2.48 bits per heavy atom. The molecular weight excluding hydrogens is 352 g/mol. The summed E-state index contributed by atoms with van der Waals surface area (Å²) in [5.41, 5.74) is -1.93. The van der Waals surface area contributed by atoms with Gasteiger partial charge in [0.1, 0.15) is 5.60 Å². The van der Waals surface area contributed by atoms with Gasteiger partial charge in [-0.3, -0.25) is 0 Å². The van der Waals surface area contributed by atoms with Gasteiger partial charge in [-0.05, 0) is 44.5 Å². The number of hydrogen-bond donors (Lipinski definition) is 2. The highest BCUT2D eigenvalue weighted by atomic mass is 16.6. The van der Waals surface area contributed by atoms with E-state index in [4.69, 9.17) is 10.00 Å². The number of carbonyl (C=O) groups excluding carboxylic acids is 2. The lowest BCUT2D eigenvalue weighted by molar-refractivity contribution is -0.148. The summed E-state index contributed by atoms with van der Waals surface area (Å²) in [6.07, 6.45) is 0.789. The quantitative estimate of drug-likeness (QED) is 0.577. The van der Waals surface area contributed by atoms with E-state index in [1.165, 1.54) is 6.07 Å². The third-order valence-corrected chi connectivity index (χ3v) is 3.34. The van der Waals surface area contributed by atoms with Crippen LogP contribution < -0.4 is 5.32 Å². The number of rotatable bonds is 6. The smallest absolute Gasteiger partial charge is 0.408 e. The molecule has 0 aliphatic carbocycles. The summed E-state index contributed by atoms with van der Waals surface area (Å²) in [6.45, 7) is 5.01. The largest absolute Gasteiger partial charge is 0.479 e. The van der Waals surface area contributed by atoms with E-state index in [9.17, 15) is 19.5 Å². The predicted octanol–water partition coefficient (Wildman–Crippen LogP) is 2.18. The van der Waals surface area contributed by atoms with Crippen molar-refractivity contribution < 1.29 is 29.0 Å². The molecule has 0 unspecified atom stereocenters. The summed E-state index contributed by atoms with van der Waals surface area (Å²) >= 11 is 0. The number of carboxylic acid groups (broad SMARTS) is 1. The number of benzene rings is 1. The minimum Gasteiger partial charge on any atom is -0.479 e. The Morgan fingerprint density at radius 1 is 1.30 bits per heavy atom. The van der Waals surface area contributed by atoms with Crippen LogP contribution >= 0.6 is 0 Å². The molecule has 1 rings (SSSR count). The Hall–Kier alpha value is -3.34. The van der Waals surface area contributed by atoms with Crippen molar-refractivity contribution in [3.63, 3.8) is 0 Å². The third-order valence-electron chi connectivity index (χ3n) is 3.34. The molecule has 1 amide bonds. The molecule has 0 spiro atoms. The maximum Gasteiger partial charge on any atom is 0.408 e. The predicted molar refractivity (Wildman–Crippen MR) is 95.8 cm³/mol. The molecule has 27 heavy (non-hydrogen) atoms. The molecule has 1 aromatic rings. The average Bonchev–Trinajstić information content (AvgIpc) is 2.58. The van der Waals surface area contributed by atoms with Gasteiger partial charge in [-0.25, -0.2) is 14.4 Å². The SMILES string of the molecule is COC(=O)N[C@@](/C=C/C(=O)OC(C)(C)C)(Cc1cccc(C#N)c1)C(=O)O. The number of alkyl carbamates (subject to hydrolysis) is 1. The number of nitrogens with zero attached hydrogens (tertiary/aromatic N) is 1. The number of carboxylic acids is 1. The Labute approximate surface area is 157 Å². The molecule has 0 aliphatic rings. The van der Waals surface area contributed by atoms with Crippen molar-refractivity contribution in [1.82, 2.24) is 5.32 Å². The van der Waals surface area contributed by atoms with Crippen molar-refractivity contribution in [3.05, 3.63) is 47.5 Å². The van der Waals surface area contributed by atoms with Gasteiger partial charge in [0.05, 0.1) is 18.7 Å². The number of amides is 1. The van der Waals surface area contributed by atoms with E-state index in [2.05, 4.69) is 10.1 Å². The molecule has 0 radical (unpaired) electrons. The van der Waals surface area contributed by atoms with Gasteiger partial charge in [0.2, 0.25) is 0 Å². The lowest BCUT2D eigenvalue weighted by Gasteiger charge is -2.27. The van der Waals surface area contributed by atoms with E-state index in [1.807, 2.05) is 6.07 Å². The second kappa shape index (κ2) is 8.85. The van der Waals surface area contributed by atoms with Gasteiger partial charge in [-0.1, -0.05) is 12.1 Å². The summed E-state index contributed by atoms with van der Waals surface area (Å²) in [5, 5.41) is 21.0. The fraction of sp³-hybridized carbons (Fsp3) is 0.368. The Balaban J connectivity index is 3.28. The van der Waals surface area contributed by atoms with Crippen LogP contribution in [0, 0.1) is 11.3 Å². The van der Waals surface area contributed by atoms with Crippen LogP contribution in [0.25, 0.3) is 0 Å². The zero-order chi connectivity index (χ0) is 20.7. The molecule has 0 bridgehead atoms. The average molecular weight is 374 g/mol. The molecule has 0 fully saturated rings. The summed E-state index contributed by atoms with van der Waals surface area (Å²) < 4.78 is 9.64. The highest BCUT2D eigenvalue weighted by Crippen LogP contribution is 2.19. The molecule has 2 N–H and O–H groups in total. The number of hydrogen-bond acceptors (Lipinski definition) is 6. The topological polar surface area (TPSA) is 126 Å². The number of methoxy groups -OCH3 is 1. The minimum absolute atomic E-state index is 0.216. The zero-order valence-corrected chi connectivity index (χ0v) is 15.6. The van der Waals surface area contributed by atoms with Crippen LogP contribution in [0.4, 0.5) is 4.79 Å². The fourth-order valence-corrected chi connectivity index (χ4v) is 2.20. The van der Waals surface area contributed by atoms with Gasteiger partial charge < -0.3 is 19.9 Å². The maximum absolute atomic E-state index is 12.0. The summed E-state index contributed by atoms with van der Waals surface area (Å²) in [7, 11) is 1.09. The first-order chi connectivity index (χ1) is 12.5. The number of aliphatic carboxylic acids is 1.